The minimum atomic E-state index is -5.00. The lowest BCUT2D eigenvalue weighted by molar-refractivity contribution is -0.277. The minimum Gasteiger partial charge on any atom is -0.386 e. The van der Waals surface area contributed by atoms with Crippen molar-refractivity contribution < 1.29 is 26.7 Å². The molecule has 0 atom stereocenters. The molecule has 0 aliphatic heterocycles. The summed E-state index contributed by atoms with van der Waals surface area (Å²) >= 11 is 5.28. The van der Waals surface area contributed by atoms with Crippen molar-refractivity contribution in [1.82, 2.24) is 9.78 Å². The van der Waals surface area contributed by atoms with Gasteiger partial charge in [-0.05, 0) is 0 Å². The van der Waals surface area contributed by atoms with E-state index < -0.39 is 30.2 Å². The van der Waals surface area contributed by atoms with Gasteiger partial charge in [-0.2, -0.15) is 5.10 Å². The zero-order chi connectivity index (χ0) is 11.6. The summed E-state index contributed by atoms with van der Waals surface area (Å²) in [4.78, 5) is 0. The Kier molecular flexibility index (Phi) is 3.38. The van der Waals surface area contributed by atoms with Gasteiger partial charge in [-0.1, -0.05) is 11.6 Å². The summed E-state index contributed by atoms with van der Waals surface area (Å²) in [6.45, 7) is -1.02. The van der Waals surface area contributed by atoms with Crippen LogP contribution in [0, 0.1) is 0 Å². The second-order valence-corrected chi connectivity index (χ2v) is 2.83. The van der Waals surface area contributed by atoms with Gasteiger partial charge >= 0.3 is 6.36 Å². The Labute approximate surface area is 85.4 Å². The van der Waals surface area contributed by atoms with Crippen molar-refractivity contribution >= 4 is 11.6 Å². The molecule has 3 nitrogen and oxygen atoms in total. The molecule has 0 N–H and O–H groups in total. The smallest absolute Gasteiger partial charge is 0.386 e. The molecule has 0 aliphatic carbocycles. The van der Waals surface area contributed by atoms with Crippen molar-refractivity contribution in [3.05, 3.63) is 11.2 Å². The lowest BCUT2D eigenvalue weighted by atomic mass is 10.6. The van der Waals surface area contributed by atoms with Crippen LogP contribution in [0.4, 0.5) is 22.0 Å². The Morgan fingerprint density at radius 1 is 1.47 bits per heavy atom. The summed E-state index contributed by atoms with van der Waals surface area (Å²) in [5, 5.41) is 2.74. The van der Waals surface area contributed by atoms with Crippen LogP contribution in [0.15, 0.2) is 6.20 Å². The summed E-state index contributed by atoms with van der Waals surface area (Å²) in [6.07, 6.45) is -7.05. The molecule has 0 fully saturated rings. The van der Waals surface area contributed by atoms with E-state index in [1.807, 2.05) is 0 Å². The van der Waals surface area contributed by atoms with Gasteiger partial charge in [0.15, 0.2) is 0 Å². The molecule has 0 spiro atoms. The standard InChI is InChI=1S/C6H4ClF5N2O/c7-3-1-13-14(2-4(8)9)5(3)15-6(10,11)12/h1,4H,2H2. The lowest BCUT2D eigenvalue weighted by Crippen LogP contribution is -2.21. The zero-order valence-corrected chi connectivity index (χ0v) is 7.69. The van der Waals surface area contributed by atoms with E-state index in [2.05, 4.69) is 9.84 Å². The highest BCUT2D eigenvalue weighted by molar-refractivity contribution is 6.31. The van der Waals surface area contributed by atoms with Crippen LogP contribution in [0.25, 0.3) is 0 Å². The van der Waals surface area contributed by atoms with Crippen LogP contribution in [-0.2, 0) is 6.54 Å². The fraction of sp³-hybridized carbons (Fsp3) is 0.500. The molecule has 0 aliphatic rings. The molecule has 0 radical (unpaired) electrons. The Balaban J connectivity index is 2.89. The predicted octanol–water partition coefficient (Wildman–Crippen LogP) is 2.70. The van der Waals surface area contributed by atoms with Crippen LogP contribution in [0.1, 0.15) is 0 Å². The lowest BCUT2D eigenvalue weighted by Gasteiger charge is -2.10. The second kappa shape index (κ2) is 4.21. The summed E-state index contributed by atoms with van der Waals surface area (Å²) in [6, 6.07) is 0. The van der Waals surface area contributed by atoms with E-state index >= 15 is 0 Å². The summed E-state index contributed by atoms with van der Waals surface area (Å²) in [5.41, 5.74) is 0. The van der Waals surface area contributed by atoms with E-state index in [-0.39, 0.29) is 0 Å². The molecule has 0 unspecified atom stereocenters. The van der Waals surface area contributed by atoms with Crippen LogP contribution < -0.4 is 4.74 Å². The van der Waals surface area contributed by atoms with E-state index in [1.165, 1.54) is 0 Å². The maximum Gasteiger partial charge on any atom is 0.574 e. The number of alkyl halides is 5. The molecule has 1 heterocycles. The number of hydrogen-bond acceptors (Lipinski definition) is 2. The number of hydrogen-bond donors (Lipinski definition) is 0. The largest absolute Gasteiger partial charge is 0.574 e. The van der Waals surface area contributed by atoms with E-state index in [0.717, 1.165) is 6.20 Å². The van der Waals surface area contributed by atoms with Crippen molar-refractivity contribution in [1.29, 1.82) is 0 Å². The zero-order valence-electron chi connectivity index (χ0n) is 6.93. The van der Waals surface area contributed by atoms with Crippen LogP contribution in [0.5, 0.6) is 5.88 Å². The quantitative estimate of drug-likeness (QED) is 0.771. The first-order valence-electron chi connectivity index (χ1n) is 3.55. The van der Waals surface area contributed by atoms with Crippen LogP contribution in [-0.4, -0.2) is 22.6 Å². The van der Waals surface area contributed by atoms with Crippen molar-refractivity contribution in [2.75, 3.05) is 0 Å². The molecule has 0 saturated heterocycles. The molecule has 1 rings (SSSR count). The van der Waals surface area contributed by atoms with Gasteiger partial charge in [-0.3, -0.25) is 0 Å². The van der Waals surface area contributed by atoms with Crippen LogP contribution >= 0.6 is 11.6 Å². The average molecular weight is 251 g/mol. The first kappa shape index (κ1) is 12.0. The summed E-state index contributed by atoms with van der Waals surface area (Å²) in [7, 11) is 0. The van der Waals surface area contributed by atoms with E-state index in [0.29, 0.717) is 4.68 Å². The normalized spacial score (nSPS) is 12.2. The van der Waals surface area contributed by atoms with Crippen LogP contribution in [0.3, 0.4) is 0 Å². The van der Waals surface area contributed by atoms with Gasteiger partial charge in [-0.25, -0.2) is 13.5 Å². The van der Waals surface area contributed by atoms with Gasteiger partial charge in [-0.15, -0.1) is 13.2 Å². The van der Waals surface area contributed by atoms with E-state index in [1.54, 1.807) is 0 Å². The molecule has 1 aromatic rings. The number of halogens is 6. The molecule has 9 heteroatoms. The maximum atomic E-state index is 11.9. The first-order chi connectivity index (χ1) is 6.79. The van der Waals surface area contributed by atoms with Gasteiger partial charge in [0.05, 0.1) is 6.20 Å². The number of aromatic nitrogens is 2. The fourth-order valence-electron chi connectivity index (χ4n) is 0.823. The highest BCUT2D eigenvalue weighted by Crippen LogP contribution is 2.30. The highest BCUT2D eigenvalue weighted by atomic mass is 35.5. The van der Waals surface area contributed by atoms with E-state index in [9.17, 15) is 22.0 Å². The van der Waals surface area contributed by atoms with Gasteiger partial charge < -0.3 is 4.74 Å². The predicted molar refractivity (Wildman–Crippen MR) is 39.9 cm³/mol. The van der Waals surface area contributed by atoms with Crippen LogP contribution in [0.2, 0.25) is 5.02 Å². The molecule has 0 bridgehead atoms. The van der Waals surface area contributed by atoms with Gasteiger partial charge in [0.25, 0.3) is 6.43 Å². The fourth-order valence-corrected chi connectivity index (χ4v) is 1.00. The molecule has 0 saturated carbocycles. The maximum absolute atomic E-state index is 11.9. The van der Waals surface area contributed by atoms with Crippen molar-refractivity contribution in [3.8, 4) is 5.88 Å². The van der Waals surface area contributed by atoms with Crippen molar-refractivity contribution in [2.24, 2.45) is 0 Å². The van der Waals surface area contributed by atoms with Gasteiger partial charge in [0.2, 0.25) is 5.88 Å². The third kappa shape index (κ3) is 3.54. The van der Waals surface area contributed by atoms with Crippen molar-refractivity contribution in [3.63, 3.8) is 0 Å². The molecule has 0 amide bonds. The third-order valence-corrected chi connectivity index (χ3v) is 1.53. The van der Waals surface area contributed by atoms with E-state index in [4.69, 9.17) is 11.6 Å². The molecule has 1 aromatic heterocycles. The monoisotopic (exact) mass is 250 g/mol. The second-order valence-electron chi connectivity index (χ2n) is 2.42. The molecule has 0 aromatic carbocycles. The molecule has 86 valence electrons. The number of rotatable bonds is 3. The number of nitrogens with zero attached hydrogens (tertiary/aromatic N) is 2. The summed E-state index contributed by atoms with van der Waals surface area (Å²) in [5.74, 6) is -0.940. The average Bonchev–Trinajstić information content (AvgIpc) is 2.32. The SMILES string of the molecule is FC(F)Cn1ncc(Cl)c1OC(F)(F)F. The van der Waals surface area contributed by atoms with Gasteiger partial charge in [0, 0.05) is 0 Å². The number of ether oxygens (including phenoxy) is 1. The molecule has 15 heavy (non-hydrogen) atoms. The Morgan fingerprint density at radius 2 is 2.07 bits per heavy atom. The Bertz CT molecular complexity index is 337. The summed E-state index contributed by atoms with van der Waals surface area (Å²) < 4.78 is 63.0. The molecular formula is C6H4ClF5N2O. The highest BCUT2D eigenvalue weighted by Gasteiger charge is 2.34. The van der Waals surface area contributed by atoms with Gasteiger partial charge in [0.1, 0.15) is 11.6 Å². The first-order valence-corrected chi connectivity index (χ1v) is 3.92. The molecular weight excluding hydrogens is 247 g/mol. The minimum absolute atomic E-state index is 0.348. The third-order valence-electron chi connectivity index (χ3n) is 1.27. The Hall–Kier alpha value is -1.05. The van der Waals surface area contributed by atoms with Crippen molar-refractivity contribution in [2.45, 2.75) is 19.3 Å². The Morgan fingerprint density at radius 3 is 2.53 bits per heavy atom. The topological polar surface area (TPSA) is 27.1 Å².